The molecule has 1 aromatic heterocycles. The third-order valence-electron chi connectivity index (χ3n) is 4.63. The van der Waals surface area contributed by atoms with Gasteiger partial charge in [0.1, 0.15) is 0 Å². The fourth-order valence-electron chi connectivity index (χ4n) is 3.18. The Labute approximate surface area is 163 Å². The molecule has 2 aromatic carbocycles. The maximum absolute atomic E-state index is 12.7. The molecule has 1 N–H and O–H groups in total. The average Bonchev–Trinajstić information content (AvgIpc) is 2.78. The predicted octanol–water partition coefficient (Wildman–Crippen LogP) is 3.27. The van der Waals surface area contributed by atoms with Crippen LogP contribution in [0.15, 0.2) is 58.2 Å². The summed E-state index contributed by atoms with van der Waals surface area (Å²) < 4.78 is 14.0. The number of aliphatic hydroxyl groups excluding tert-OH is 1. The van der Waals surface area contributed by atoms with Crippen LogP contribution in [0, 0.1) is 0 Å². The summed E-state index contributed by atoms with van der Waals surface area (Å²) in [5.74, 6) is 0.431. The van der Waals surface area contributed by atoms with Crippen molar-refractivity contribution in [3.8, 4) is 16.9 Å². The van der Waals surface area contributed by atoms with Crippen molar-refractivity contribution < 1.29 is 9.32 Å². The summed E-state index contributed by atoms with van der Waals surface area (Å²) in [6.45, 7) is 1.68. The minimum absolute atomic E-state index is 0.253. The molecule has 0 bridgehead atoms. The van der Waals surface area contributed by atoms with E-state index in [2.05, 4.69) is 5.10 Å². The third kappa shape index (κ3) is 3.36. The number of halogens is 1. The second-order valence-corrected chi connectivity index (χ2v) is 8.45. The topological polar surface area (TPSA) is 72.2 Å². The van der Waals surface area contributed by atoms with Crippen molar-refractivity contribution in [2.24, 2.45) is 0 Å². The summed E-state index contributed by atoms with van der Waals surface area (Å²) in [6, 6.07) is 13.8. The van der Waals surface area contributed by atoms with E-state index in [4.69, 9.17) is 11.6 Å². The van der Waals surface area contributed by atoms with Gasteiger partial charge in [0, 0.05) is 27.3 Å². The van der Waals surface area contributed by atoms with Crippen LogP contribution in [0.3, 0.4) is 0 Å². The van der Waals surface area contributed by atoms with Crippen molar-refractivity contribution in [3.63, 3.8) is 0 Å². The molecule has 0 radical (unpaired) electrons. The van der Waals surface area contributed by atoms with Crippen molar-refractivity contribution in [2.45, 2.75) is 24.3 Å². The van der Waals surface area contributed by atoms with Crippen LogP contribution < -0.4 is 5.56 Å². The molecular formula is C20H17ClN2O3S. The number of fused-ring (bicyclic) bond motifs is 3. The number of hydrogen-bond donors (Lipinski definition) is 1. The number of rotatable bonds is 2. The Morgan fingerprint density at radius 1 is 1.19 bits per heavy atom. The molecule has 5 nitrogen and oxygen atoms in total. The van der Waals surface area contributed by atoms with E-state index in [1.807, 2.05) is 6.07 Å². The maximum atomic E-state index is 12.7. The number of benzene rings is 2. The Hall–Kier alpha value is -2.28. The number of aryl methyl sites for hydroxylation is 1. The van der Waals surface area contributed by atoms with E-state index in [-0.39, 0.29) is 5.56 Å². The lowest BCUT2D eigenvalue weighted by Crippen LogP contribution is -2.22. The first-order valence-corrected chi connectivity index (χ1v) is 10.2. The minimum Gasteiger partial charge on any atom is -0.389 e. The van der Waals surface area contributed by atoms with Crippen molar-refractivity contribution in [3.05, 3.63) is 75.0 Å². The van der Waals surface area contributed by atoms with E-state index in [0.717, 1.165) is 5.56 Å². The monoisotopic (exact) mass is 400 g/mol. The summed E-state index contributed by atoms with van der Waals surface area (Å²) in [4.78, 5) is 13.3. The first-order chi connectivity index (χ1) is 12.9. The quantitative estimate of drug-likeness (QED) is 0.716. The highest BCUT2D eigenvalue weighted by atomic mass is 35.5. The summed E-state index contributed by atoms with van der Waals surface area (Å²) in [7, 11) is -1.19. The Balaban J connectivity index is 1.97. The molecule has 2 unspecified atom stereocenters. The molecule has 0 saturated heterocycles. The van der Waals surface area contributed by atoms with Gasteiger partial charge in [-0.2, -0.15) is 9.78 Å². The van der Waals surface area contributed by atoms with Gasteiger partial charge >= 0.3 is 0 Å². The van der Waals surface area contributed by atoms with Crippen molar-refractivity contribution in [1.29, 1.82) is 0 Å². The summed E-state index contributed by atoms with van der Waals surface area (Å²) in [5.41, 5.74) is 3.14. The molecule has 138 valence electrons. The zero-order valence-corrected chi connectivity index (χ0v) is 16.1. The van der Waals surface area contributed by atoms with Gasteiger partial charge in [-0.1, -0.05) is 17.7 Å². The van der Waals surface area contributed by atoms with Crippen LogP contribution in [0.2, 0.25) is 5.02 Å². The van der Waals surface area contributed by atoms with Gasteiger partial charge in [-0.3, -0.25) is 9.00 Å². The third-order valence-corrected chi connectivity index (χ3v) is 6.30. The fraction of sp³-hybridized carbons (Fsp3) is 0.200. The van der Waals surface area contributed by atoms with Crippen LogP contribution in [0.5, 0.6) is 0 Å². The first kappa shape index (κ1) is 18.1. The molecular weight excluding hydrogens is 384 g/mol. The van der Waals surface area contributed by atoms with E-state index in [0.29, 0.717) is 44.6 Å². The lowest BCUT2D eigenvalue weighted by molar-refractivity contribution is 0.199. The highest BCUT2D eigenvalue weighted by molar-refractivity contribution is 7.85. The number of hydrogen-bond acceptors (Lipinski definition) is 4. The number of nitrogens with zero attached hydrogens (tertiary/aromatic N) is 2. The second-order valence-electron chi connectivity index (χ2n) is 6.48. The molecule has 2 heterocycles. The van der Waals surface area contributed by atoms with Crippen LogP contribution in [-0.4, -0.2) is 24.8 Å². The highest BCUT2D eigenvalue weighted by Gasteiger charge is 2.23. The lowest BCUT2D eigenvalue weighted by atomic mass is 10.0. The molecule has 0 spiro atoms. The van der Waals surface area contributed by atoms with Gasteiger partial charge in [0.05, 0.1) is 28.3 Å². The van der Waals surface area contributed by atoms with Gasteiger partial charge in [-0.25, -0.2) is 0 Å². The van der Waals surface area contributed by atoms with Gasteiger partial charge in [-0.15, -0.1) is 0 Å². The normalized spacial score (nSPS) is 16.9. The van der Waals surface area contributed by atoms with E-state index < -0.39 is 16.9 Å². The van der Waals surface area contributed by atoms with Crippen LogP contribution in [-0.2, 0) is 17.2 Å². The Bertz CT molecular complexity index is 1110. The molecule has 2 atom stereocenters. The average molecular weight is 401 g/mol. The Kier molecular flexibility index (Phi) is 4.72. The van der Waals surface area contributed by atoms with Gasteiger partial charge < -0.3 is 5.11 Å². The van der Waals surface area contributed by atoms with Gasteiger partial charge in [0.25, 0.3) is 5.56 Å². The van der Waals surface area contributed by atoms with E-state index in [1.165, 1.54) is 4.68 Å². The van der Waals surface area contributed by atoms with Gasteiger partial charge in [-0.05, 0) is 60.9 Å². The smallest absolute Gasteiger partial charge is 0.271 e. The molecule has 0 saturated carbocycles. The molecule has 0 aliphatic carbocycles. The second kappa shape index (κ2) is 7.03. The van der Waals surface area contributed by atoms with Crippen molar-refractivity contribution in [1.82, 2.24) is 9.78 Å². The van der Waals surface area contributed by atoms with Crippen LogP contribution >= 0.6 is 11.6 Å². The molecule has 4 rings (SSSR count). The predicted molar refractivity (Wildman–Crippen MR) is 106 cm³/mol. The Morgan fingerprint density at radius 2 is 1.93 bits per heavy atom. The summed E-state index contributed by atoms with van der Waals surface area (Å²) in [5, 5.41) is 15.1. The molecule has 1 aliphatic heterocycles. The van der Waals surface area contributed by atoms with E-state index in [9.17, 15) is 14.1 Å². The van der Waals surface area contributed by atoms with Crippen molar-refractivity contribution in [2.75, 3.05) is 5.75 Å². The van der Waals surface area contributed by atoms with E-state index >= 15 is 0 Å². The summed E-state index contributed by atoms with van der Waals surface area (Å²) in [6.07, 6.45) is -0.151. The van der Waals surface area contributed by atoms with Crippen molar-refractivity contribution >= 4 is 22.4 Å². The van der Waals surface area contributed by atoms with Crippen LogP contribution in [0.1, 0.15) is 24.2 Å². The number of aliphatic hydroxyl groups is 1. The molecule has 0 amide bonds. The lowest BCUT2D eigenvalue weighted by Gasteiger charge is -2.13. The molecule has 27 heavy (non-hydrogen) atoms. The highest BCUT2D eigenvalue weighted by Crippen LogP contribution is 2.33. The fourth-order valence-corrected chi connectivity index (χ4v) is 4.55. The van der Waals surface area contributed by atoms with Gasteiger partial charge in [0.2, 0.25) is 0 Å². The van der Waals surface area contributed by atoms with Crippen LogP contribution in [0.25, 0.3) is 16.9 Å². The standard InChI is InChI=1S/C20H17ClN2O3S/c1-12(24)13-2-7-18-17(10-13)20-14(8-9-27(18)26)11-19(25)23(22-20)16-5-3-15(21)4-6-16/h2-7,10-12,24H,8-9H2,1H3. The molecule has 3 aromatic rings. The SMILES string of the molecule is CC(O)c1ccc2c(c1)-c1nn(-c3ccc(Cl)cc3)c(=O)cc1CCS2=O. The first-order valence-electron chi connectivity index (χ1n) is 8.54. The van der Waals surface area contributed by atoms with E-state index in [1.54, 1.807) is 49.4 Å². The molecule has 7 heteroatoms. The maximum Gasteiger partial charge on any atom is 0.271 e. The molecule has 1 aliphatic rings. The number of aromatic nitrogens is 2. The zero-order chi connectivity index (χ0) is 19.1. The Morgan fingerprint density at radius 3 is 2.63 bits per heavy atom. The molecule has 0 fully saturated rings. The largest absolute Gasteiger partial charge is 0.389 e. The van der Waals surface area contributed by atoms with Crippen LogP contribution in [0.4, 0.5) is 0 Å². The zero-order valence-electron chi connectivity index (χ0n) is 14.6. The summed E-state index contributed by atoms with van der Waals surface area (Å²) >= 11 is 5.94. The minimum atomic E-state index is -1.19. The van der Waals surface area contributed by atoms with Gasteiger partial charge in [0.15, 0.2) is 0 Å².